The molecule has 0 heterocycles. The maximum absolute atomic E-state index is 3.91. The van der Waals surface area contributed by atoms with Gasteiger partial charge < -0.3 is 0 Å². The van der Waals surface area contributed by atoms with Gasteiger partial charge in [0.15, 0.2) is 0 Å². The quantitative estimate of drug-likeness (QED) is 0.470. The van der Waals surface area contributed by atoms with Crippen molar-refractivity contribution in [2.24, 2.45) is 0 Å². The van der Waals surface area contributed by atoms with Crippen molar-refractivity contribution in [3.05, 3.63) is 61.2 Å². The number of aryl methyl sites for hydroxylation is 1. The minimum atomic E-state index is 0.570. The molecule has 1 aromatic rings. The van der Waals surface area contributed by atoms with E-state index in [0.717, 1.165) is 18.6 Å². The lowest BCUT2D eigenvalue weighted by molar-refractivity contribution is 0.857. The highest BCUT2D eigenvalue weighted by Crippen LogP contribution is 2.19. The first-order chi connectivity index (χ1) is 7.86. The standard InChI is InChI=1S/C15H20S/c1-3-5-13-16-15(4-2)12-11-14-9-7-6-8-10-14/h3-4,6-10,15H,1-2,5,11-13H2. The summed E-state index contributed by atoms with van der Waals surface area (Å²) in [7, 11) is 0. The molecule has 86 valence electrons. The fourth-order valence-corrected chi connectivity index (χ4v) is 2.55. The molecule has 0 aliphatic carbocycles. The van der Waals surface area contributed by atoms with Crippen LogP contribution < -0.4 is 0 Å². The first kappa shape index (κ1) is 13.1. The summed E-state index contributed by atoms with van der Waals surface area (Å²) in [4.78, 5) is 0. The minimum Gasteiger partial charge on any atom is -0.154 e. The third-order valence-electron chi connectivity index (χ3n) is 2.48. The number of benzene rings is 1. The van der Waals surface area contributed by atoms with Crippen molar-refractivity contribution in [1.82, 2.24) is 0 Å². The average molecular weight is 232 g/mol. The summed E-state index contributed by atoms with van der Waals surface area (Å²) in [6.07, 6.45) is 7.44. The predicted molar refractivity (Wildman–Crippen MR) is 76.0 cm³/mol. The maximum Gasteiger partial charge on any atom is 0.0227 e. The molecule has 0 N–H and O–H groups in total. The molecule has 0 radical (unpaired) electrons. The summed E-state index contributed by atoms with van der Waals surface area (Å²) in [5, 5.41) is 0.570. The van der Waals surface area contributed by atoms with E-state index in [0.29, 0.717) is 5.25 Å². The number of allylic oxidation sites excluding steroid dienone is 1. The zero-order chi connectivity index (χ0) is 11.6. The van der Waals surface area contributed by atoms with Gasteiger partial charge in [-0.25, -0.2) is 0 Å². The molecule has 16 heavy (non-hydrogen) atoms. The lowest BCUT2D eigenvalue weighted by Crippen LogP contribution is -2.01. The van der Waals surface area contributed by atoms with Crippen LogP contribution >= 0.6 is 11.8 Å². The number of hydrogen-bond acceptors (Lipinski definition) is 1. The zero-order valence-electron chi connectivity index (χ0n) is 9.77. The minimum absolute atomic E-state index is 0.570. The van der Waals surface area contributed by atoms with E-state index < -0.39 is 0 Å². The molecule has 0 aliphatic heterocycles. The van der Waals surface area contributed by atoms with Gasteiger partial charge in [-0.1, -0.05) is 42.5 Å². The van der Waals surface area contributed by atoms with Crippen LogP contribution in [0.15, 0.2) is 55.6 Å². The Morgan fingerprint density at radius 3 is 2.56 bits per heavy atom. The summed E-state index contributed by atoms with van der Waals surface area (Å²) < 4.78 is 0. The molecule has 0 spiro atoms. The molecule has 0 fully saturated rings. The summed E-state index contributed by atoms with van der Waals surface area (Å²) in [5.41, 5.74) is 1.42. The third-order valence-corrected chi connectivity index (χ3v) is 3.80. The first-order valence-corrected chi connectivity index (χ1v) is 6.80. The van der Waals surface area contributed by atoms with Gasteiger partial charge in [0.1, 0.15) is 0 Å². The molecule has 0 nitrogen and oxygen atoms in total. The molecule has 1 heteroatoms. The van der Waals surface area contributed by atoms with E-state index in [1.807, 2.05) is 17.8 Å². The van der Waals surface area contributed by atoms with E-state index in [1.165, 1.54) is 12.0 Å². The average Bonchev–Trinajstić information content (AvgIpc) is 2.35. The monoisotopic (exact) mass is 232 g/mol. The van der Waals surface area contributed by atoms with Crippen LogP contribution in [0.3, 0.4) is 0 Å². The van der Waals surface area contributed by atoms with Crippen molar-refractivity contribution >= 4 is 11.8 Å². The molecular weight excluding hydrogens is 212 g/mol. The highest BCUT2D eigenvalue weighted by atomic mass is 32.2. The van der Waals surface area contributed by atoms with E-state index in [9.17, 15) is 0 Å². The molecule has 1 rings (SSSR count). The Kier molecular flexibility index (Phi) is 6.75. The van der Waals surface area contributed by atoms with Gasteiger partial charge in [-0.15, -0.1) is 13.2 Å². The molecule has 1 unspecified atom stereocenters. The second-order valence-electron chi connectivity index (χ2n) is 3.75. The van der Waals surface area contributed by atoms with Gasteiger partial charge in [0.05, 0.1) is 0 Å². The summed E-state index contributed by atoms with van der Waals surface area (Å²) in [6.45, 7) is 7.64. The molecule has 0 saturated heterocycles. The van der Waals surface area contributed by atoms with Crippen molar-refractivity contribution in [2.75, 3.05) is 5.75 Å². The van der Waals surface area contributed by atoms with Gasteiger partial charge in [0.25, 0.3) is 0 Å². The van der Waals surface area contributed by atoms with Crippen molar-refractivity contribution in [1.29, 1.82) is 0 Å². The predicted octanol–water partition coefficient (Wildman–Crippen LogP) is 4.48. The Hall–Kier alpha value is -0.950. The zero-order valence-corrected chi connectivity index (χ0v) is 10.6. The molecule has 0 aromatic heterocycles. The SMILES string of the molecule is C=CCCSC(C=C)CCc1ccccc1. The van der Waals surface area contributed by atoms with E-state index >= 15 is 0 Å². The van der Waals surface area contributed by atoms with Crippen LogP contribution in [0.4, 0.5) is 0 Å². The van der Waals surface area contributed by atoms with Gasteiger partial charge in [0.2, 0.25) is 0 Å². The number of hydrogen-bond donors (Lipinski definition) is 0. The third kappa shape index (κ3) is 5.22. The topological polar surface area (TPSA) is 0 Å². The van der Waals surface area contributed by atoms with E-state index in [2.05, 4.69) is 49.6 Å². The Labute approximate surface area is 103 Å². The lowest BCUT2D eigenvalue weighted by Gasteiger charge is -2.11. The van der Waals surface area contributed by atoms with Gasteiger partial charge in [-0.2, -0.15) is 11.8 Å². The van der Waals surface area contributed by atoms with Crippen LogP contribution in [0.5, 0.6) is 0 Å². The first-order valence-electron chi connectivity index (χ1n) is 5.75. The van der Waals surface area contributed by atoms with Crippen LogP contribution in [0.1, 0.15) is 18.4 Å². The lowest BCUT2D eigenvalue weighted by atomic mass is 10.1. The van der Waals surface area contributed by atoms with Crippen LogP contribution in [-0.2, 0) is 6.42 Å². The second-order valence-corrected chi connectivity index (χ2v) is 5.09. The molecule has 0 bridgehead atoms. The fourth-order valence-electron chi connectivity index (χ4n) is 1.53. The summed E-state index contributed by atoms with van der Waals surface area (Å²) in [5.74, 6) is 1.15. The van der Waals surface area contributed by atoms with Crippen LogP contribution in [0.25, 0.3) is 0 Å². The van der Waals surface area contributed by atoms with Crippen molar-refractivity contribution in [3.8, 4) is 0 Å². The second kappa shape index (κ2) is 8.23. The van der Waals surface area contributed by atoms with E-state index in [-0.39, 0.29) is 0 Å². The van der Waals surface area contributed by atoms with E-state index in [4.69, 9.17) is 0 Å². The molecule has 0 amide bonds. The van der Waals surface area contributed by atoms with Crippen LogP contribution in [0, 0.1) is 0 Å². The fraction of sp³-hybridized carbons (Fsp3) is 0.333. The van der Waals surface area contributed by atoms with Crippen molar-refractivity contribution in [2.45, 2.75) is 24.5 Å². The Morgan fingerprint density at radius 2 is 1.94 bits per heavy atom. The van der Waals surface area contributed by atoms with Crippen LogP contribution in [0.2, 0.25) is 0 Å². The van der Waals surface area contributed by atoms with Crippen molar-refractivity contribution < 1.29 is 0 Å². The summed E-state index contributed by atoms with van der Waals surface area (Å²) in [6, 6.07) is 10.6. The normalized spacial score (nSPS) is 12.0. The Bertz CT molecular complexity index is 302. The summed E-state index contributed by atoms with van der Waals surface area (Å²) >= 11 is 1.98. The number of rotatable bonds is 8. The molecule has 1 aromatic carbocycles. The maximum atomic E-state index is 3.91. The highest BCUT2D eigenvalue weighted by Gasteiger charge is 2.04. The molecule has 1 atom stereocenters. The molecule has 0 aliphatic rings. The smallest absolute Gasteiger partial charge is 0.0227 e. The highest BCUT2D eigenvalue weighted by molar-refractivity contribution is 8.00. The van der Waals surface area contributed by atoms with Gasteiger partial charge in [0, 0.05) is 5.25 Å². The van der Waals surface area contributed by atoms with Crippen LogP contribution in [-0.4, -0.2) is 11.0 Å². The van der Waals surface area contributed by atoms with Gasteiger partial charge in [-0.3, -0.25) is 0 Å². The van der Waals surface area contributed by atoms with Gasteiger partial charge >= 0.3 is 0 Å². The molecular formula is C15H20S. The molecule has 0 saturated carbocycles. The Morgan fingerprint density at radius 1 is 1.19 bits per heavy atom. The number of thioether (sulfide) groups is 1. The van der Waals surface area contributed by atoms with E-state index in [1.54, 1.807) is 0 Å². The Balaban J connectivity index is 2.28. The van der Waals surface area contributed by atoms with Gasteiger partial charge in [-0.05, 0) is 30.6 Å². The largest absolute Gasteiger partial charge is 0.154 e. The van der Waals surface area contributed by atoms with Crippen molar-refractivity contribution in [3.63, 3.8) is 0 Å².